The Morgan fingerprint density at radius 2 is 2.47 bits per heavy atom. The molecule has 2 aliphatic heterocycles. The van der Waals surface area contributed by atoms with Crippen LogP contribution in [0.1, 0.15) is 33.1 Å². The smallest absolute Gasteiger partial charge is 0.241 e. The van der Waals surface area contributed by atoms with Gasteiger partial charge >= 0.3 is 0 Å². The molecule has 0 aromatic carbocycles. The molecule has 0 saturated carbocycles. The Balaban J connectivity index is 1.95. The van der Waals surface area contributed by atoms with Gasteiger partial charge < -0.3 is 9.64 Å². The minimum Gasteiger partial charge on any atom is -0.376 e. The van der Waals surface area contributed by atoms with Gasteiger partial charge in [0.25, 0.3) is 0 Å². The van der Waals surface area contributed by atoms with Crippen LogP contribution in [-0.2, 0) is 9.53 Å². The second kappa shape index (κ2) is 4.49. The molecule has 15 heavy (non-hydrogen) atoms. The number of amides is 1. The lowest BCUT2D eigenvalue weighted by molar-refractivity contribution is -0.132. The molecule has 86 valence electrons. The Morgan fingerprint density at radius 1 is 1.67 bits per heavy atom. The van der Waals surface area contributed by atoms with Crippen LogP contribution >= 0.6 is 0 Å². The summed E-state index contributed by atoms with van der Waals surface area (Å²) in [7, 11) is 0. The minimum atomic E-state index is 0.0221. The van der Waals surface area contributed by atoms with Crippen molar-refractivity contribution in [3.8, 4) is 0 Å². The highest BCUT2D eigenvalue weighted by molar-refractivity contribution is 5.84. The number of hydrogen-bond donors (Lipinski definition) is 1. The standard InChI is InChI=1S/C11H20N2O2/c1-3-9-11(14)13(7-12-9)8(2)10-5-4-6-15-10/h8-10,12H,3-7H2,1-2H3. The zero-order valence-corrected chi connectivity index (χ0v) is 9.53. The molecule has 1 N–H and O–H groups in total. The fourth-order valence-electron chi connectivity index (χ4n) is 2.42. The van der Waals surface area contributed by atoms with E-state index in [-0.39, 0.29) is 24.1 Å². The monoisotopic (exact) mass is 212 g/mol. The van der Waals surface area contributed by atoms with E-state index in [2.05, 4.69) is 12.2 Å². The second-order valence-electron chi connectivity index (χ2n) is 4.42. The van der Waals surface area contributed by atoms with Crippen molar-refractivity contribution in [2.24, 2.45) is 0 Å². The van der Waals surface area contributed by atoms with Crippen molar-refractivity contribution < 1.29 is 9.53 Å². The molecule has 4 heteroatoms. The minimum absolute atomic E-state index is 0.0221. The molecule has 0 spiro atoms. The molecular formula is C11H20N2O2. The summed E-state index contributed by atoms with van der Waals surface area (Å²) < 4.78 is 5.62. The lowest BCUT2D eigenvalue weighted by Gasteiger charge is -2.28. The zero-order valence-electron chi connectivity index (χ0n) is 9.53. The van der Waals surface area contributed by atoms with Crippen LogP contribution in [0.5, 0.6) is 0 Å². The molecule has 0 aliphatic carbocycles. The van der Waals surface area contributed by atoms with Crippen LogP contribution in [0.3, 0.4) is 0 Å². The highest BCUT2D eigenvalue weighted by atomic mass is 16.5. The number of nitrogens with one attached hydrogen (secondary N) is 1. The van der Waals surface area contributed by atoms with Gasteiger partial charge in [0.1, 0.15) is 0 Å². The first-order valence-corrected chi connectivity index (χ1v) is 5.89. The van der Waals surface area contributed by atoms with Crippen LogP contribution in [-0.4, -0.2) is 42.3 Å². The summed E-state index contributed by atoms with van der Waals surface area (Å²) in [4.78, 5) is 13.9. The van der Waals surface area contributed by atoms with Crippen molar-refractivity contribution in [1.29, 1.82) is 0 Å². The molecule has 0 aromatic rings. The summed E-state index contributed by atoms with van der Waals surface area (Å²) in [6, 6.07) is 0.234. The number of hydrogen-bond acceptors (Lipinski definition) is 3. The number of carbonyl (C=O) groups excluding carboxylic acids is 1. The van der Waals surface area contributed by atoms with Gasteiger partial charge in [-0.25, -0.2) is 0 Å². The first-order valence-electron chi connectivity index (χ1n) is 5.89. The third kappa shape index (κ3) is 2.01. The van der Waals surface area contributed by atoms with E-state index in [1.54, 1.807) is 0 Å². The van der Waals surface area contributed by atoms with E-state index < -0.39 is 0 Å². The Morgan fingerprint density at radius 3 is 3.00 bits per heavy atom. The topological polar surface area (TPSA) is 41.6 Å². The van der Waals surface area contributed by atoms with Crippen LogP contribution < -0.4 is 5.32 Å². The summed E-state index contributed by atoms with van der Waals surface area (Å²) in [5.41, 5.74) is 0. The average Bonchev–Trinajstić information content (AvgIpc) is 2.85. The van der Waals surface area contributed by atoms with Crippen LogP contribution in [0.2, 0.25) is 0 Å². The van der Waals surface area contributed by atoms with Crippen molar-refractivity contribution in [3.05, 3.63) is 0 Å². The van der Waals surface area contributed by atoms with Gasteiger partial charge in [0.05, 0.1) is 24.9 Å². The van der Waals surface area contributed by atoms with Gasteiger partial charge in [0, 0.05) is 6.61 Å². The van der Waals surface area contributed by atoms with Crippen LogP contribution in [0.4, 0.5) is 0 Å². The summed E-state index contributed by atoms with van der Waals surface area (Å²) in [6.45, 7) is 5.66. The molecule has 3 atom stereocenters. The third-order valence-electron chi connectivity index (χ3n) is 3.49. The van der Waals surface area contributed by atoms with Gasteiger partial charge in [-0.2, -0.15) is 0 Å². The molecule has 1 amide bonds. The predicted octanol–water partition coefficient (Wildman–Crippen LogP) is 0.722. The van der Waals surface area contributed by atoms with Crippen molar-refractivity contribution in [3.63, 3.8) is 0 Å². The first kappa shape index (κ1) is 10.9. The molecule has 2 fully saturated rings. The lowest BCUT2D eigenvalue weighted by Crippen LogP contribution is -2.43. The molecule has 3 unspecified atom stereocenters. The number of carbonyl (C=O) groups is 1. The van der Waals surface area contributed by atoms with Crippen molar-refractivity contribution in [2.45, 2.75) is 51.3 Å². The lowest BCUT2D eigenvalue weighted by atomic mass is 10.1. The second-order valence-corrected chi connectivity index (χ2v) is 4.42. The average molecular weight is 212 g/mol. The van der Waals surface area contributed by atoms with Crippen molar-refractivity contribution in [2.75, 3.05) is 13.3 Å². The van der Waals surface area contributed by atoms with Gasteiger partial charge in [-0.3, -0.25) is 10.1 Å². The van der Waals surface area contributed by atoms with Crippen LogP contribution in [0.25, 0.3) is 0 Å². The highest BCUT2D eigenvalue weighted by Gasteiger charge is 2.36. The fraction of sp³-hybridized carbons (Fsp3) is 0.909. The van der Waals surface area contributed by atoms with E-state index in [0.29, 0.717) is 6.67 Å². The van der Waals surface area contributed by atoms with Gasteiger partial charge in [0.15, 0.2) is 0 Å². The van der Waals surface area contributed by atoms with E-state index in [0.717, 1.165) is 25.9 Å². The number of nitrogens with zero attached hydrogens (tertiary/aromatic N) is 1. The van der Waals surface area contributed by atoms with E-state index in [9.17, 15) is 4.79 Å². The quantitative estimate of drug-likeness (QED) is 0.749. The maximum atomic E-state index is 11.9. The van der Waals surface area contributed by atoms with Crippen molar-refractivity contribution >= 4 is 5.91 Å². The van der Waals surface area contributed by atoms with Crippen LogP contribution in [0, 0.1) is 0 Å². The Hall–Kier alpha value is -0.610. The Labute approximate surface area is 91.0 Å². The summed E-state index contributed by atoms with van der Waals surface area (Å²) in [5, 5.41) is 3.23. The van der Waals surface area contributed by atoms with Gasteiger partial charge in [0.2, 0.25) is 5.91 Å². The molecule has 0 bridgehead atoms. The SMILES string of the molecule is CCC1NCN(C(C)C2CCCO2)C1=O. The normalized spacial score (nSPS) is 33.7. The number of ether oxygens (including phenoxy) is 1. The zero-order chi connectivity index (χ0) is 10.8. The van der Waals surface area contributed by atoms with E-state index >= 15 is 0 Å². The molecule has 2 heterocycles. The fourth-order valence-corrected chi connectivity index (χ4v) is 2.42. The molecule has 2 saturated heterocycles. The third-order valence-corrected chi connectivity index (χ3v) is 3.49. The molecule has 0 radical (unpaired) electrons. The Bertz CT molecular complexity index is 239. The Kier molecular flexibility index (Phi) is 3.26. The van der Waals surface area contributed by atoms with Gasteiger partial charge in [-0.05, 0) is 26.2 Å². The van der Waals surface area contributed by atoms with E-state index in [1.807, 2.05) is 11.8 Å². The first-order chi connectivity index (χ1) is 7.24. The summed E-state index contributed by atoms with van der Waals surface area (Å²) in [5.74, 6) is 0.237. The highest BCUT2D eigenvalue weighted by Crippen LogP contribution is 2.21. The molecule has 2 aliphatic rings. The van der Waals surface area contributed by atoms with E-state index in [1.165, 1.54) is 0 Å². The summed E-state index contributed by atoms with van der Waals surface area (Å²) >= 11 is 0. The van der Waals surface area contributed by atoms with Crippen molar-refractivity contribution in [1.82, 2.24) is 10.2 Å². The molecular weight excluding hydrogens is 192 g/mol. The molecule has 0 aromatic heterocycles. The summed E-state index contributed by atoms with van der Waals surface area (Å²) in [6.07, 6.45) is 3.32. The van der Waals surface area contributed by atoms with Crippen LogP contribution in [0.15, 0.2) is 0 Å². The van der Waals surface area contributed by atoms with E-state index in [4.69, 9.17) is 4.74 Å². The van der Waals surface area contributed by atoms with Gasteiger partial charge in [-0.15, -0.1) is 0 Å². The number of rotatable bonds is 3. The largest absolute Gasteiger partial charge is 0.376 e. The maximum absolute atomic E-state index is 11.9. The van der Waals surface area contributed by atoms with Gasteiger partial charge in [-0.1, -0.05) is 6.92 Å². The maximum Gasteiger partial charge on any atom is 0.241 e. The molecule has 4 nitrogen and oxygen atoms in total. The predicted molar refractivity (Wildman–Crippen MR) is 57.4 cm³/mol. The molecule has 2 rings (SSSR count).